The zero-order chi connectivity index (χ0) is 19.2. The number of halogens is 1. The van der Waals surface area contributed by atoms with Gasteiger partial charge in [0.25, 0.3) is 0 Å². The van der Waals surface area contributed by atoms with Gasteiger partial charge in [0, 0.05) is 38.7 Å². The van der Waals surface area contributed by atoms with Crippen LogP contribution in [0.1, 0.15) is 37.8 Å². The molecule has 7 nitrogen and oxygen atoms in total. The Kier molecular flexibility index (Phi) is 8.81. The Hall–Kier alpha value is -1.55. The zero-order valence-corrected chi connectivity index (χ0v) is 19.1. The van der Waals surface area contributed by atoms with Gasteiger partial charge in [-0.3, -0.25) is 4.79 Å². The number of nitrogens with one attached hydrogen (secondary N) is 2. The average Bonchev–Trinajstić information content (AvgIpc) is 2.66. The average molecular weight is 502 g/mol. The van der Waals surface area contributed by atoms with Crippen LogP contribution in [-0.4, -0.2) is 62.8 Å². The van der Waals surface area contributed by atoms with Crippen LogP contribution in [0, 0.1) is 0 Å². The SMILES string of the molecule is CC1CC(NC(=NCC(=O)N(C)C)NC2CCOc3ccccc32)CCO1.I. The van der Waals surface area contributed by atoms with Gasteiger partial charge < -0.3 is 25.0 Å². The third kappa shape index (κ3) is 6.23. The fraction of sp³-hybridized carbons (Fsp3) is 0.600. The quantitative estimate of drug-likeness (QED) is 0.376. The first-order valence-electron chi connectivity index (χ1n) is 9.64. The molecular weight excluding hydrogens is 471 g/mol. The lowest BCUT2D eigenvalue weighted by Gasteiger charge is -2.32. The van der Waals surface area contributed by atoms with E-state index in [1.165, 1.54) is 0 Å². The maximum absolute atomic E-state index is 12.0. The van der Waals surface area contributed by atoms with Crippen molar-refractivity contribution in [3.8, 4) is 5.75 Å². The van der Waals surface area contributed by atoms with Crippen LogP contribution < -0.4 is 15.4 Å². The van der Waals surface area contributed by atoms with Gasteiger partial charge in [-0.05, 0) is 25.8 Å². The molecule has 2 N–H and O–H groups in total. The third-order valence-corrected chi connectivity index (χ3v) is 4.97. The first kappa shape index (κ1) is 22.7. The Morgan fingerprint density at radius 1 is 1.21 bits per heavy atom. The van der Waals surface area contributed by atoms with E-state index in [0.29, 0.717) is 12.6 Å². The number of hydrogen-bond donors (Lipinski definition) is 2. The van der Waals surface area contributed by atoms with Crippen LogP contribution >= 0.6 is 24.0 Å². The predicted molar refractivity (Wildman–Crippen MR) is 120 cm³/mol. The van der Waals surface area contributed by atoms with Crippen molar-refractivity contribution in [2.75, 3.05) is 33.9 Å². The van der Waals surface area contributed by atoms with Crippen LogP contribution in [0.3, 0.4) is 0 Å². The fourth-order valence-corrected chi connectivity index (χ4v) is 3.40. The Labute approximate surface area is 184 Å². The largest absolute Gasteiger partial charge is 0.493 e. The summed E-state index contributed by atoms with van der Waals surface area (Å²) in [5, 5.41) is 7.02. The Balaban J connectivity index is 0.00000280. The number of likely N-dealkylation sites (N-methyl/N-ethyl adjacent to an activating group) is 1. The number of hydrogen-bond acceptors (Lipinski definition) is 4. The van der Waals surface area contributed by atoms with Gasteiger partial charge in [-0.2, -0.15) is 0 Å². The van der Waals surface area contributed by atoms with Crippen molar-refractivity contribution in [3.05, 3.63) is 29.8 Å². The highest BCUT2D eigenvalue weighted by atomic mass is 127. The number of rotatable bonds is 4. The van der Waals surface area contributed by atoms with Gasteiger partial charge in [0.2, 0.25) is 5.91 Å². The molecule has 0 radical (unpaired) electrons. The van der Waals surface area contributed by atoms with Crippen molar-refractivity contribution >= 4 is 35.8 Å². The molecule has 8 heteroatoms. The molecule has 0 bridgehead atoms. The molecule has 1 aromatic rings. The highest BCUT2D eigenvalue weighted by Gasteiger charge is 2.25. The monoisotopic (exact) mass is 502 g/mol. The Morgan fingerprint density at radius 2 is 2.00 bits per heavy atom. The van der Waals surface area contributed by atoms with Gasteiger partial charge in [0.1, 0.15) is 12.3 Å². The summed E-state index contributed by atoms with van der Waals surface area (Å²) in [5.41, 5.74) is 1.12. The van der Waals surface area contributed by atoms with Crippen molar-refractivity contribution in [2.45, 2.75) is 44.4 Å². The molecule has 2 aliphatic heterocycles. The minimum atomic E-state index is -0.0242. The molecule has 2 heterocycles. The molecule has 3 rings (SSSR count). The molecule has 3 unspecified atom stereocenters. The third-order valence-electron chi connectivity index (χ3n) is 4.97. The minimum absolute atomic E-state index is 0. The van der Waals surface area contributed by atoms with Gasteiger partial charge in [-0.1, -0.05) is 18.2 Å². The van der Waals surface area contributed by atoms with Gasteiger partial charge in [0.05, 0.1) is 18.8 Å². The van der Waals surface area contributed by atoms with E-state index in [0.717, 1.165) is 37.2 Å². The summed E-state index contributed by atoms with van der Waals surface area (Å²) < 4.78 is 11.4. The number of fused-ring (bicyclic) bond motifs is 1. The van der Waals surface area contributed by atoms with Crippen molar-refractivity contribution in [1.29, 1.82) is 0 Å². The van der Waals surface area contributed by atoms with Gasteiger partial charge in [-0.25, -0.2) is 4.99 Å². The molecule has 0 saturated carbocycles. The maximum atomic E-state index is 12.0. The summed E-state index contributed by atoms with van der Waals surface area (Å²) in [6, 6.07) is 8.45. The first-order valence-corrected chi connectivity index (χ1v) is 9.64. The highest BCUT2D eigenvalue weighted by molar-refractivity contribution is 14.0. The first-order chi connectivity index (χ1) is 13.0. The van der Waals surface area contributed by atoms with E-state index in [-0.39, 0.29) is 54.6 Å². The molecular formula is C20H31IN4O3. The molecule has 1 fully saturated rings. The summed E-state index contributed by atoms with van der Waals surface area (Å²) in [7, 11) is 3.49. The van der Waals surface area contributed by atoms with E-state index < -0.39 is 0 Å². The number of para-hydroxylation sites is 1. The smallest absolute Gasteiger partial charge is 0.243 e. The van der Waals surface area contributed by atoms with Crippen LogP contribution in [0.5, 0.6) is 5.75 Å². The minimum Gasteiger partial charge on any atom is -0.493 e. The second kappa shape index (κ2) is 10.8. The van der Waals surface area contributed by atoms with E-state index in [1.54, 1.807) is 19.0 Å². The zero-order valence-electron chi connectivity index (χ0n) is 16.8. The normalized spacial score (nSPS) is 24.2. The molecule has 3 atom stereocenters. The Bertz CT molecular complexity index is 683. The van der Waals surface area contributed by atoms with Crippen LogP contribution in [-0.2, 0) is 9.53 Å². The fourth-order valence-electron chi connectivity index (χ4n) is 3.40. The summed E-state index contributed by atoms with van der Waals surface area (Å²) in [6.45, 7) is 3.60. The number of carbonyl (C=O) groups is 1. The van der Waals surface area contributed by atoms with E-state index in [9.17, 15) is 4.79 Å². The van der Waals surface area contributed by atoms with Crippen LogP contribution in [0.25, 0.3) is 0 Å². The Morgan fingerprint density at radius 3 is 2.75 bits per heavy atom. The van der Waals surface area contributed by atoms with Crippen LogP contribution in [0.4, 0.5) is 0 Å². The number of nitrogens with zero attached hydrogens (tertiary/aromatic N) is 2. The van der Waals surface area contributed by atoms with E-state index >= 15 is 0 Å². The molecule has 28 heavy (non-hydrogen) atoms. The lowest BCUT2D eigenvalue weighted by Crippen LogP contribution is -2.48. The molecule has 0 spiro atoms. The lowest BCUT2D eigenvalue weighted by atomic mass is 10.0. The van der Waals surface area contributed by atoms with Crippen molar-refractivity contribution < 1.29 is 14.3 Å². The molecule has 2 aliphatic rings. The summed E-state index contributed by atoms with van der Waals surface area (Å²) in [6.07, 6.45) is 2.93. The second-order valence-electron chi connectivity index (χ2n) is 7.37. The molecule has 1 saturated heterocycles. The number of amides is 1. The predicted octanol–water partition coefficient (Wildman–Crippen LogP) is 2.32. The van der Waals surface area contributed by atoms with Crippen molar-refractivity contribution in [2.24, 2.45) is 4.99 Å². The van der Waals surface area contributed by atoms with E-state index in [2.05, 4.69) is 28.6 Å². The van der Waals surface area contributed by atoms with Gasteiger partial charge in [-0.15, -0.1) is 24.0 Å². The highest BCUT2D eigenvalue weighted by Crippen LogP contribution is 2.31. The maximum Gasteiger partial charge on any atom is 0.243 e. The number of carbonyl (C=O) groups excluding carboxylic acids is 1. The summed E-state index contributed by atoms with van der Waals surface area (Å²) in [5.74, 6) is 1.56. The lowest BCUT2D eigenvalue weighted by molar-refractivity contribution is -0.127. The van der Waals surface area contributed by atoms with Crippen molar-refractivity contribution in [3.63, 3.8) is 0 Å². The summed E-state index contributed by atoms with van der Waals surface area (Å²) in [4.78, 5) is 18.1. The molecule has 1 amide bonds. The number of aliphatic imine (C=N–C) groups is 1. The second-order valence-corrected chi connectivity index (χ2v) is 7.37. The van der Waals surface area contributed by atoms with Gasteiger partial charge in [0.15, 0.2) is 5.96 Å². The van der Waals surface area contributed by atoms with Crippen LogP contribution in [0.2, 0.25) is 0 Å². The molecule has 0 aromatic heterocycles. The standard InChI is InChI=1S/C20H30N4O3.HI/c1-14-12-15(8-10-26-14)22-20(21-13-19(25)24(2)3)23-17-9-11-27-18-7-5-4-6-16(17)18;/h4-7,14-15,17H,8-13H2,1-3H3,(H2,21,22,23);1H. The summed E-state index contributed by atoms with van der Waals surface area (Å²) >= 11 is 0. The van der Waals surface area contributed by atoms with Crippen LogP contribution in [0.15, 0.2) is 29.3 Å². The number of benzene rings is 1. The van der Waals surface area contributed by atoms with Gasteiger partial charge >= 0.3 is 0 Å². The molecule has 156 valence electrons. The van der Waals surface area contributed by atoms with Crippen molar-refractivity contribution in [1.82, 2.24) is 15.5 Å². The van der Waals surface area contributed by atoms with E-state index in [4.69, 9.17) is 9.47 Å². The van der Waals surface area contributed by atoms with E-state index in [1.807, 2.05) is 18.2 Å². The number of ether oxygens (including phenoxy) is 2. The molecule has 1 aromatic carbocycles. The topological polar surface area (TPSA) is 75.2 Å². The number of guanidine groups is 1. The molecule has 0 aliphatic carbocycles.